The third kappa shape index (κ3) is 0.886. The van der Waals surface area contributed by atoms with Crippen molar-refractivity contribution in [2.24, 2.45) is 11.8 Å². The van der Waals surface area contributed by atoms with Crippen LogP contribution in [0.15, 0.2) is 0 Å². The molecule has 1 aromatic carbocycles. The molecule has 0 saturated heterocycles. The molecule has 0 aliphatic heterocycles. The summed E-state index contributed by atoms with van der Waals surface area (Å²) in [4.78, 5) is 0. The van der Waals surface area contributed by atoms with Gasteiger partial charge in [-0.25, -0.2) is 17.6 Å². The fraction of sp³-hybridized carbons (Fsp3) is 0.500. The van der Waals surface area contributed by atoms with Gasteiger partial charge < -0.3 is 5.11 Å². The largest absolute Gasteiger partial charge is 0.392 e. The van der Waals surface area contributed by atoms with Gasteiger partial charge in [-0.15, -0.1) is 0 Å². The zero-order valence-corrected chi connectivity index (χ0v) is 8.55. The highest BCUT2D eigenvalue weighted by Crippen LogP contribution is 2.72. The number of hydrogen-bond acceptors (Lipinski definition) is 1. The number of aliphatic hydroxyl groups excluding tert-OH is 1. The van der Waals surface area contributed by atoms with E-state index in [9.17, 15) is 22.7 Å². The van der Waals surface area contributed by atoms with Crippen LogP contribution < -0.4 is 0 Å². The van der Waals surface area contributed by atoms with Crippen LogP contribution in [0.1, 0.15) is 29.4 Å². The molecule has 0 heterocycles. The van der Waals surface area contributed by atoms with E-state index < -0.39 is 35.3 Å². The molecule has 17 heavy (non-hydrogen) atoms. The fourth-order valence-electron chi connectivity index (χ4n) is 3.92. The number of rotatable bonds is 0. The molecule has 1 N–H and O–H groups in total. The smallest absolute Gasteiger partial charge is 0.197 e. The lowest BCUT2D eigenvalue weighted by atomic mass is 9.77. The van der Waals surface area contributed by atoms with Crippen LogP contribution in [0, 0.1) is 35.1 Å². The zero-order chi connectivity index (χ0) is 12.1. The summed E-state index contributed by atoms with van der Waals surface area (Å²) in [6.45, 7) is 0. The number of hydrogen-bond donors (Lipinski definition) is 1. The van der Waals surface area contributed by atoms with Gasteiger partial charge in [0.1, 0.15) is 0 Å². The van der Waals surface area contributed by atoms with Gasteiger partial charge in [-0.2, -0.15) is 0 Å². The molecule has 0 spiro atoms. The van der Waals surface area contributed by atoms with E-state index in [4.69, 9.17) is 0 Å². The van der Waals surface area contributed by atoms with E-state index in [-0.39, 0.29) is 28.9 Å². The standard InChI is InChI=1S/C12H8F4O/c13-8-5-3-1-2-4(6(2)12(3)17)7(5)9(14)11(16)10(8)15/h2-4,6,12,17H,1H2/t2?,3-,4-,6+,12-/m1/s1. The molecule has 2 fully saturated rings. The van der Waals surface area contributed by atoms with E-state index in [1.807, 2.05) is 0 Å². The van der Waals surface area contributed by atoms with E-state index in [1.165, 1.54) is 0 Å². The first kappa shape index (κ1) is 9.88. The normalized spacial score (nSPS) is 40.4. The highest BCUT2D eigenvalue weighted by molar-refractivity contribution is 5.50. The van der Waals surface area contributed by atoms with Crippen LogP contribution in [-0.2, 0) is 0 Å². The predicted octanol–water partition coefficient (Wildman–Crippen LogP) is 2.43. The van der Waals surface area contributed by atoms with E-state index >= 15 is 0 Å². The summed E-state index contributed by atoms with van der Waals surface area (Å²) in [5.41, 5.74) is -0.165. The van der Waals surface area contributed by atoms with Gasteiger partial charge in [-0.05, 0) is 24.2 Å². The molecule has 1 aromatic rings. The number of halogens is 4. The van der Waals surface area contributed by atoms with Crippen LogP contribution in [0.5, 0.6) is 0 Å². The SMILES string of the molecule is O[C@H]1[C@H]2C3C[C@@H]1c1c(F)c(F)c(F)c(F)c1[C@H]32. The first-order valence-corrected chi connectivity index (χ1v) is 5.57. The van der Waals surface area contributed by atoms with Crippen LogP contribution >= 0.6 is 0 Å². The lowest BCUT2D eigenvalue weighted by Crippen LogP contribution is -2.27. The van der Waals surface area contributed by atoms with Crippen LogP contribution in [0.25, 0.3) is 0 Å². The van der Waals surface area contributed by atoms with Crippen molar-refractivity contribution >= 4 is 0 Å². The highest BCUT2D eigenvalue weighted by atomic mass is 19.2. The third-order valence-corrected chi connectivity index (χ3v) is 4.61. The molecule has 5 heteroatoms. The number of aliphatic hydroxyl groups is 1. The van der Waals surface area contributed by atoms with Crippen LogP contribution in [0.3, 0.4) is 0 Å². The van der Waals surface area contributed by atoms with Crippen molar-refractivity contribution in [3.8, 4) is 0 Å². The predicted molar refractivity (Wildman–Crippen MR) is 49.4 cm³/mol. The van der Waals surface area contributed by atoms with Gasteiger partial charge in [-0.3, -0.25) is 0 Å². The maximum absolute atomic E-state index is 13.7. The van der Waals surface area contributed by atoms with Crippen LogP contribution in [0.2, 0.25) is 0 Å². The zero-order valence-electron chi connectivity index (χ0n) is 8.55. The average molecular weight is 244 g/mol. The Labute approximate surface area is 94.1 Å². The van der Waals surface area contributed by atoms with Crippen molar-refractivity contribution in [1.82, 2.24) is 0 Å². The van der Waals surface area contributed by atoms with Crippen molar-refractivity contribution < 1.29 is 22.7 Å². The lowest BCUT2D eigenvalue weighted by molar-refractivity contribution is 0.125. The van der Waals surface area contributed by atoms with Gasteiger partial charge in [0.15, 0.2) is 23.3 Å². The molecule has 1 unspecified atom stereocenters. The first-order chi connectivity index (χ1) is 8.04. The minimum atomic E-state index is -1.77. The van der Waals surface area contributed by atoms with Crippen molar-refractivity contribution in [3.05, 3.63) is 34.4 Å². The average Bonchev–Trinajstić information content (AvgIpc) is 2.96. The second-order valence-electron chi connectivity index (χ2n) is 5.18. The Kier molecular flexibility index (Phi) is 1.55. The van der Waals surface area contributed by atoms with Gasteiger partial charge in [-0.1, -0.05) is 0 Å². The van der Waals surface area contributed by atoms with Crippen molar-refractivity contribution in [3.63, 3.8) is 0 Å². The second kappa shape index (κ2) is 2.66. The fourth-order valence-corrected chi connectivity index (χ4v) is 3.92. The maximum Gasteiger partial charge on any atom is 0.197 e. The molecule has 5 rings (SSSR count). The third-order valence-electron chi connectivity index (χ3n) is 4.61. The Balaban J connectivity index is 2.07. The molecule has 0 amide bonds. The molecule has 4 aliphatic rings. The second-order valence-corrected chi connectivity index (χ2v) is 5.18. The van der Waals surface area contributed by atoms with E-state index in [0.29, 0.717) is 6.42 Å². The molecule has 0 aromatic heterocycles. The monoisotopic (exact) mass is 244 g/mol. The van der Waals surface area contributed by atoms with Gasteiger partial charge in [0.2, 0.25) is 0 Å². The summed E-state index contributed by atoms with van der Waals surface area (Å²) in [7, 11) is 0. The van der Waals surface area contributed by atoms with Gasteiger partial charge >= 0.3 is 0 Å². The van der Waals surface area contributed by atoms with Gasteiger partial charge in [0.05, 0.1) is 6.10 Å². The maximum atomic E-state index is 13.7. The summed E-state index contributed by atoms with van der Waals surface area (Å²) in [5, 5.41) is 9.85. The molecule has 4 bridgehead atoms. The van der Waals surface area contributed by atoms with Crippen molar-refractivity contribution in [2.75, 3.05) is 0 Å². The summed E-state index contributed by atoms with van der Waals surface area (Å²) in [6, 6.07) is 0. The first-order valence-electron chi connectivity index (χ1n) is 5.57. The minimum Gasteiger partial charge on any atom is -0.392 e. The molecule has 90 valence electrons. The summed E-state index contributed by atoms with van der Waals surface area (Å²) in [5.74, 6) is -6.98. The Hall–Kier alpha value is -1.10. The van der Waals surface area contributed by atoms with Crippen LogP contribution in [-0.4, -0.2) is 11.2 Å². The van der Waals surface area contributed by atoms with E-state index in [2.05, 4.69) is 0 Å². The quantitative estimate of drug-likeness (QED) is 0.422. The molecule has 5 atom stereocenters. The molecule has 4 aliphatic carbocycles. The molecule has 2 saturated carbocycles. The summed E-state index contributed by atoms with van der Waals surface area (Å²) < 4.78 is 53.7. The Morgan fingerprint density at radius 3 is 2.00 bits per heavy atom. The van der Waals surface area contributed by atoms with E-state index in [1.54, 1.807) is 0 Å². The van der Waals surface area contributed by atoms with Gasteiger partial charge in [0, 0.05) is 17.0 Å². The van der Waals surface area contributed by atoms with Gasteiger partial charge in [0.25, 0.3) is 0 Å². The summed E-state index contributed by atoms with van der Waals surface area (Å²) in [6.07, 6.45) is -0.193. The minimum absolute atomic E-state index is 0.0297. The Morgan fingerprint density at radius 2 is 1.47 bits per heavy atom. The summed E-state index contributed by atoms with van der Waals surface area (Å²) >= 11 is 0. The van der Waals surface area contributed by atoms with E-state index in [0.717, 1.165) is 0 Å². The molecular formula is C12H8F4O. The molecule has 1 nitrogen and oxygen atoms in total. The highest BCUT2D eigenvalue weighted by Gasteiger charge is 2.68. The van der Waals surface area contributed by atoms with Crippen molar-refractivity contribution in [1.29, 1.82) is 0 Å². The molecule has 0 radical (unpaired) electrons. The Morgan fingerprint density at radius 1 is 0.882 bits per heavy atom. The van der Waals surface area contributed by atoms with Crippen molar-refractivity contribution in [2.45, 2.75) is 24.4 Å². The Bertz CT molecular complexity index is 556. The number of benzene rings is 1. The van der Waals surface area contributed by atoms with Crippen LogP contribution in [0.4, 0.5) is 17.6 Å². The topological polar surface area (TPSA) is 20.2 Å². The molecular weight excluding hydrogens is 236 g/mol. The lowest BCUT2D eigenvalue weighted by Gasteiger charge is -2.30.